The number of benzene rings is 1. The number of likely N-dealkylation sites (tertiary alicyclic amines) is 1. The number of carbonyl (C=O) groups is 2. The Bertz CT molecular complexity index is 995. The summed E-state index contributed by atoms with van der Waals surface area (Å²) >= 11 is 0. The number of nitrogens with two attached hydrogens (primary N) is 1. The van der Waals surface area contributed by atoms with Crippen LogP contribution in [0.1, 0.15) is 35.2 Å². The molecule has 2 saturated heterocycles. The Labute approximate surface area is 181 Å². The van der Waals surface area contributed by atoms with Crippen molar-refractivity contribution in [1.29, 1.82) is 0 Å². The van der Waals surface area contributed by atoms with Crippen LogP contribution in [0.4, 0.5) is 5.82 Å². The van der Waals surface area contributed by atoms with Crippen LogP contribution in [-0.4, -0.2) is 55.6 Å². The molecule has 2 aliphatic rings. The number of hydrogen-bond acceptors (Lipinski definition) is 6. The summed E-state index contributed by atoms with van der Waals surface area (Å²) in [4.78, 5) is 33.8. The van der Waals surface area contributed by atoms with Gasteiger partial charge in [-0.15, -0.1) is 0 Å². The van der Waals surface area contributed by atoms with Gasteiger partial charge in [0.15, 0.2) is 11.5 Å². The molecule has 1 spiro atoms. The molecule has 2 aliphatic heterocycles. The van der Waals surface area contributed by atoms with E-state index in [1.165, 1.54) is 0 Å². The van der Waals surface area contributed by atoms with Crippen molar-refractivity contribution in [3.63, 3.8) is 0 Å². The van der Waals surface area contributed by atoms with Crippen molar-refractivity contribution >= 4 is 17.6 Å². The third-order valence-corrected chi connectivity index (χ3v) is 6.38. The molecule has 0 saturated carbocycles. The van der Waals surface area contributed by atoms with Crippen molar-refractivity contribution in [2.75, 3.05) is 38.8 Å². The van der Waals surface area contributed by atoms with E-state index in [0.29, 0.717) is 49.1 Å². The van der Waals surface area contributed by atoms with Crippen LogP contribution in [0.25, 0.3) is 0 Å². The lowest BCUT2D eigenvalue weighted by atomic mass is 9.78. The fourth-order valence-corrected chi connectivity index (χ4v) is 4.86. The van der Waals surface area contributed by atoms with E-state index in [4.69, 9.17) is 15.2 Å². The van der Waals surface area contributed by atoms with E-state index in [9.17, 15) is 9.59 Å². The fraction of sp³-hybridized carbons (Fsp3) is 0.435. The number of piperidine rings is 1. The Hall–Kier alpha value is -3.29. The van der Waals surface area contributed by atoms with Crippen LogP contribution >= 0.6 is 0 Å². The summed E-state index contributed by atoms with van der Waals surface area (Å²) in [7, 11) is 3.21. The largest absolute Gasteiger partial charge is 0.493 e. The molecule has 0 unspecified atom stereocenters. The second-order valence-corrected chi connectivity index (χ2v) is 8.17. The second-order valence-electron chi connectivity index (χ2n) is 8.17. The fourth-order valence-electron chi connectivity index (χ4n) is 4.86. The van der Waals surface area contributed by atoms with Crippen LogP contribution in [0.15, 0.2) is 36.5 Å². The number of para-hydroxylation sites is 1. The third-order valence-electron chi connectivity index (χ3n) is 6.38. The van der Waals surface area contributed by atoms with Gasteiger partial charge in [-0.25, -0.2) is 4.98 Å². The first-order valence-electron chi connectivity index (χ1n) is 10.5. The molecule has 8 nitrogen and oxygen atoms in total. The predicted molar refractivity (Wildman–Crippen MR) is 116 cm³/mol. The maximum Gasteiger partial charge on any atom is 0.252 e. The Balaban J connectivity index is 1.56. The minimum atomic E-state index is -0.509. The summed E-state index contributed by atoms with van der Waals surface area (Å²) < 4.78 is 10.9. The minimum absolute atomic E-state index is 0.141. The molecule has 0 aliphatic carbocycles. The SMILES string of the molecule is COc1cccc(CN2CCC[C@]3(CCN(c4ncccc4C(N)=O)C3)C2=O)c1OC. The lowest BCUT2D eigenvalue weighted by molar-refractivity contribution is -0.145. The monoisotopic (exact) mass is 424 g/mol. The van der Waals surface area contributed by atoms with Crippen molar-refractivity contribution in [3.05, 3.63) is 47.7 Å². The summed E-state index contributed by atoms with van der Waals surface area (Å²) in [5.41, 5.74) is 6.37. The highest BCUT2D eigenvalue weighted by atomic mass is 16.5. The molecule has 3 heterocycles. The molecule has 0 bridgehead atoms. The molecule has 164 valence electrons. The molecule has 1 aromatic carbocycles. The second kappa shape index (κ2) is 8.45. The predicted octanol–water partition coefficient (Wildman–Crippen LogP) is 2.22. The van der Waals surface area contributed by atoms with Gasteiger partial charge in [-0.05, 0) is 37.5 Å². The Morgan fingerprint density at radius 3 is 2.74 bits per heavy atom. The Morgan fingerprint density at radius 1 is 1.16 bits per heavy atom. The molecule has 1 aromatic heterocycles. The molecular formula is C23H28N4O4. The molecule has 8 heteroatoms. The number of pyridine rings is 1. The standard InChI is InChI=1S/C23H28N4O4/c1-30-18-8-3-6-16(19(18)31-2)14-26-12-5-9-23(22(26)29)10-13-27(15-23)21-17(20(24)28)7-4-11-25-21/h3-4,6-8,11H,5,9-10,12-15H2,1-2H3,(H2,24,28)/t23-/m1/s1. The number of anilines is 1. The van der Waals surface area contributed by atoms with E-state index in [-0.39, 0.29) is 5.91 Å². The summed E-state index contributed by atoms with van der Waals surface area (Å²) in [5.74, 6) is 1.50. The maximum absolute atomic E-state index is 13.6. The first-order chi connectivity index (χ1) is 15.0. The minimum Gasteiger partial charge on any atom is -0.493 e. The topological polar surface area (TPSA) is 98.0 Å². The molecule has 0 radical (unpaired) electrons. The van der Waals surface area contributed by atoms with Gasteiger partial charge in [0.25, 0.3) is 5.91 Å². The van der Waals surface area contributed by atoms with Crippen molar-refractivity contribution in [2.45, 2.75) is 25.8 Å². The number of methoxy groups -OCH3 is 2. The van der Waals surface area contributed by atoms with Crippen molar-refractivity contribution in [3.8, 4) is 11.5 Å². The first kappa shape index (κ1) is 21.0. The highest BCUT2D eigenvalue weighted by Gasteiger charge is 2.49. The Morgan fingerprint density at radius 2 is 2.00 bits per heavy atom. The van der Waals surface area contributed by atoms with Gasteiger partial charge in [0.05, 0.1) is 25.2 Å². The number of rotatable bonds is 6. The zero-order chi connectivity index (χ0) is 22.0. The molecule has 1 atom stereocenters. The molecule has 2 aromatic rings. The van der Waals surface area contributed by atoms with E-state index in [1.54, 1.807) is 32.5 Å². The quantitative estimate of drug-likeness (QED) is 0.764. The van der Waals surface area contributed by atoms with Crippen LogP contribution in [0.5, 0.6) is 11.5 Å². The normalized spacial score (nSPS) is 20.9. The zero-order valence-electron chi connectivity index (χ0n) is 18.0. The average molecular weight is 425 g/mol. The molecule has 4 rings (SSSR count). The van der Waals surface area contributed by atoms with Crippen LogP contribution < -0.4 is 20.1 Å². The van der Waals surface area contributed by atoms with Gasteiger partial charge in [-0.1, -0.05) is 12.1 Å². The molecule has 2 amide bonds. The summed E-state index contributed by atoms with van der Waals surface area (Å²) in [6, 6.07) is 9.10. The maximum atomic E-state index is 13.6. The van der Waals surface area contributed by atoms with Gasteiger partial charge in [-0.2, -0.15) is 0 Å². The van der Waals surface area contributed by atoms with Gasteiger partial charge in [-0.3, -0.25) is 9.59 Å². The van der Waals surface area contributed by atoms with Gasteiger partial charge < -0.3 is 25.0 Å². The number of hydrogen-bond donors (Lipinski definition) is 1. The Kier molecular flexibility index (Phi) is 5.71. The van der Waals surface area contributed by atoms with Crippen molar-refractivity contribution < 1.29 is 19.1 Å². The lowest BCUT2D eigenvalue weighted by Crippen LogP contribution is -2.49. The van der Waals surface area contributed by atoms with E-state index in [1.807, 2.05) is 28.0 Å². The highest BCUT2D eigenvalue weighted by Crippen LogP contribution is 2.43. The number of aromatic nitrogens is 1. The molecule has 2 N–H and O–H groups in total. The van der Waals surface area contributed by atoms with E-state index in [2.05, 4.69) is 4.98 Å². The van der Waals surface area contributed by atoms with Gasteiger partial charge >= 0.3 is 0 Å². The van der Waals surface area contributed by atoms with Crippen molar-refractivity contribution in [1.82, 2.24) is 9.88 Å². The van der Waals surface area contributed by atoms with Gasteiger partial charge in [0.2, 0.25) is 5.91 Å². The number of carbonyl (C=O) groups excluding carboxylic acids is 2. The lowest BCUT2D eigenvalue weighted by Gasteiger charge is -2.39. The summed E-state index contributed by atoms with van der Waals surface area (Å²) in [5, 5.41) is 0. The van der Waals surface area contributed by atoms with Gasteiger partial charge in [0, 0.05) is 37.9 Å². The highest BCUT2D eigenvalue weighted by molar-refractivity contribution is 5.98. The smallest absolute Gasteiger partial charge is 0.252 e. The number of nitrogens with zero attached hydrogens (tertiary/aromatic N) is 3. The van der Waals surface area contributed by atoms with Crippen LogP contribution in [0.2, 0.25) is 0 Å². The first-order valence-corrected chi connectivity index (χ1v) is 10.5. The number of ether oxygens (including phenoxy) is 2. The van der Waals surface area contributed by atoms with Crippen LogP contribution in [0, 0.1) is 5.41 Å². The average Bonchev–Trinajstić information content (AvgIpc) is 3.21. The van der Waals surface area contributed by atoms with E-state index >= 15 is 0 Å². The van der Waals surface area contributed by atoms with Crippen molar-refractivity contribution in [2.24, 2.45) is 11.1 Å². The molecule has 31 heavy (non-hydrogen) atoms. The number of primary amides is 1. The van der Waals surface area contributed by atoms with Crippen LogP contribution in [-0.2, 0) is 11.3 Å². The molecular weight excluding hydrogens is 396 g/mol. The van der Waals surface area contributed by atoms with Gasteiger partial charge in [0.1, 0.15) is 5.82 Å². The summed E-state index contributed by atoms with van der Waals surface area (Å²) in [6.07, 6.45) is 4.13. The third kappa shape index (κ3) is 3.78. The molecule has 2 fully saturated rings. The van der Waals surface area contributed by atoms with Crippen LogP contribution in [0.3, 0.4) is 0 Å². The zero-order valence-corrected chi connectivity index (χ0v) is 18.0. The van der Waals surface area contributed by atoms with E-state index in [0.717, 1.165) is 24.8 Å². The number of amides is 2. The van der Waals surface area contributed by atoms with E-state index < -0.39 is 11.3 Å². The summed E-state index contributed by atoms with van der Waals surface area (Å²) in [6.45, 7) is 2.38.